The lowest BCUT2D eigenvalue weighted by Gasteiger charge is -2.31. The summed E-state index contributed by atoms with van der Waals surface area (Å²) in [5.41, 5.74) is 4.05. The highest BCUT2D eigenvalue weighted by Gasteiger charge is 2.34. The van der Waals surface area contributed by atoms with Crippen molar-refractivity contribution in [2.24, 2.45) is 5.92 Å². The van der Waals surface area contributed by atoms with E-state index in [9.17, 15) is 13.2 Å². The Morgan fingerprint density at radius 2 is 1.88 bits per heavy atom. The number of rotatable bonds is 5. The van der Waals surface area contributed by atoms with Gasteiger partial charge < -0.3 is 9.84 Å². The normalized spacial score (nSPS) is 17.2. The number of hydrogen-bond acceptors (Lipinski definition) is 6. The molecule has 1 aromatic heterocycles. The van der Waals surface area contributed by atoms with Crippen LogP contribution in [0, 0.1) is 33.6 Å². The summed E-state index contributed by atoms with van der Waals surface area (Å²) < 4.78 is 33.5. The number of carbonyl (C=O) groups is 1. The Balaban J connectivity index is 1.55. The smallest absolute Gasteiger partial charge is 0.243 e. The summed E-state index contributed by atoms with van der Waals surface area (Å²) in [6, 6.07) is 10.9. The fourth-order valence-electron chi connectivity index (χ4n) is 4.14. The van der Waals surface area contributed by atoms with Gasteiger partial charge >= 0.3 is 0 Å². The molecule has 33 heavy (non-hydrogen) atoms. The van der Waals surface area contributed by atoms with Crippen LogP contribution >= 0.6 is 0 Å². The zero-order valence-electron chi connectivity index (χ0n) is 19.3. The summed E-state index contributed by atoms with van der Waals surface area (Å²) in [7, 11) is -3.80. The summed E-state index contributed by atoms with van der Waals surface area (Å²) in [6.07, 6.45) is 1.26. The molecule has 0 saturated carbocycles. The SMILES string of the molecule is Cc1ccc(NC(=O)C2CCCN(S(=O)(=O)c3cc(-c4noc(C)n4)ccc3C)C2)c(C)c1. The van der Waals surface area contributed by atoms with Gasteiger partial charge in [0.25, 0.3) is 0 Å². The number of nitrogens with one attached hydrogen (secondary N) is 1. The van der Waals surface area contributed by atoms with Gasteiger partial charge in [0.1, 0.15) is 0 Å². The standard InChI is InChI=1S/C24H28N4O4S/c1-15-7-10-21(17(3)12-15)26-24(29)20-6-5-11-28(14-20)33(30,31)22-13-19(9-8-16(22)2)23-25-18(4)32-27-23/h7-10,12-13,20H,5-6,11,14H2,1-4H3,(H,26,29). The average molecular weight is 469 g/mol. The fourth-order valence-corrected chi connectivity index (χ4v) is 5.91. The minimum absolute atomic E-state index is 0.143. The van der Waals surface area contributed by atoms with Crippen molar-refractivity contribution in [1.29, 1.82) is 0 Å². The lowest BCUT2D eigenvalue weighted by atomic mass is 9.98. The van der Waals surface area contributed by atoms with Crippen molar-refractivity contribution in [3.05, 3.63) is 59.0 Å². The number of amides is 1. The molecule has 0 aliphatic carbocycles. The van der Waals surface area contributed by atoms with Crippen LogP contribution in [0.15, 0.2) is 45.8 Å². The maximum Gasteiger partial charge on any atom is 0.243 e. The van der Waals surface area contributed by atoms with Crippen LogP contribution in [0.3, 0.4) is 0 Å². The van der Waals surface area contributed by atoms with E-state index in [1.165, 1.54) is 4.31 Å². The van der Waals surface area contributed by atoms with Crippen LogP contribution in [0.25, 0.3) is 11.4 Å². The average Bonchev–Trinajstić information content (AvgIpc) is 3.22. The van der Waals surface area contributed by atoms with Crippen molar-refractivity contribution in [1.82, 2.24) is 14.4 Å². The minimum Gasteiger partial charge on any atom is -0.339 e. The molecule has 1 aliphatic heterocycles. The largest absolute Gasteiger partial charge is 0.339 e. The third-order valence-corrected chi connectivity index (χ3v) is 7.99. The number of aryl methyl sites for hydroxylation is 4. The Morgan fingerprint density at radius 1 is 1.09 bits per heavy atom. The molecule has 1 unspecified atom stereocenters. The maximum absolute atomic E-state index is 13.5. The van der Waals surface area contributed by atoms with Crippen LogP contribution in [0.1, 0.15) is 35.4 Å². The third-order valence-electron chi connectivity index (χ3n) is 5.99. The summed E-state index contributed by atoms with van der Waals surface area (Å²) in [5, 5.41) is 6.87. The molecule has 9 heteroatoms. The highest BCUT2D eigenvalue weighted by molar-refractivity contribution is 7.89. The molecule has 1 N–H and O–H groups in total. The lowest BCUT2D eigenvalue weighted by Crippen LogP contribution is -2.43. The van der Waals surface area contributed by atoms with Crippen LogP contribution in [0.4, 0.5) is 5.69 Å². The van der Waals surface area contributed by atoms with Crippen LogP contribution in [0.5, 0.6) is 0 Å². The number of nitrogens with zero attached hydrogens (tertiary/aromatic N) is 3. The summed E-state index contributed by atoms with van der Waals surface area (Å²) in [6.45, 7) is 7.90. The highest BCUT2D eigenvalue weighted by Crippen LogP contribution is 2.29. The molecule has 1 fully saturated rings. The summed E-state index contributed by atoms with van der Waals surface area (Å²) in [4.78, 5) is 17.3. The first-order valence-electron chi connectivity index (χ1n) is 10.9. The van der Waals surface area contributed by atoms with Gasteiger partial charge in [0, 0.05) is 31.3 Å². The van der Waals surface area contributed by atoms with E-state index in [1.54, 1.807) is 32.0 Å². The van der Waals surface area contributed by atoms with Crippen molar-refractivity contribution in [3.8, 4) is 11.4 Å². The van der Waals surface area contributed by atoms with E-state index in [1.807, 2.05) is 32.0 Å². The third kappa shape index (κ3) is 4.84. The van der Waals surface area contributed by atoms with E-state index >= 15 is 0 Å². The summed E-state index contributed by atoms with van der Waals surface area (Å²) in [5.74, 6) is 0.171. The fraction of sp³-hybridized carbons (Fsp3) is 0.375. The topological polar surface area (TPSA) is 105 Å². The number of carbonyl (C=O) groups excluding carboxylic acids is 1. The molecule has 0 spiro atoms. The Bertz CT molecular complexity index is 1300. The van der Waals surface area contributed by atoms with Gasteiger partial charge in [0.15, 0.2) is 0 Å². The van der Waals surface area contributed by atoms with E-state index < -0.39 is 15.9 Å². The number of anilines is 1. The second-order valence-corrected chi connectivity index (χ2v) is 10.5. The summed E-state index contributed by atoms with van der Waals surface area (Å²) >= 11 is 0. The van der Waals surface area contributed by atoms with Crippen LogP contribution in [-0.4, -0.2) is 41.9 Å². The molecule has 174 valence electrons. The Morgan fingerprint density at radius 3 is 2.58 bits per heavy atom. The molecule has 1 amide bonds. The predicted molar refractivity (Wildman–Crippen MR) is 125 cm³/mol. The van der Waals surface area contributed by atoms with E-state index in [0.717, 1.165) is 16.8 Å². The van der Waals surface area contributed by atoms with Gasteiger partial charge in [-0.3, -0.25) is 4.79 Å². The van der Waals surface area contributed by atoms with Gasteiger partial charge in [-0.15, -0.1) is 0 Å². The first-order chi connectivity index (χ1) is 15.6. The van der Waals surface area contributed by atoms with E-state index in [0.29, 0.717) is 42.2 Å². The van der Waals surface area contributed by atoms with Gasteiger partial charge in [-0.1, -0.05) is 35.0 Å². The molecule has 2 aromatic carbocycles. The van der Waals surface area contributed by atoms with E-state index in [4.69, 9.17) is 4.52 Å². The number of benzene rings is 2. The maximum atomic E-state index is 13.5. The highest BCUT2D eigenvalue weighted by atomic mass is 32.2. The Hall–Kier alpha value is -3.04. The van der Waals surface area contributed by atoms with Crippen molar-refractivity contribution in [3.63, 3.8) is 0 Å². The quantitative estimate of drug-likeness (QED) is 0.607. The zero-order valence-corrected chi connectivity index (χ0v) is 20.1. The molecular weight excluding hydrogens is 440 g/mol. The monoisotopic (exact) mass is 468 g/mol. The van der Waals surface area contributed by atoms with Crippen molar-refractivity contribution < 1.29 is 17.7 Å². The molecule has 1 atom stereocenters. The number of aromatic nitrogens is 2. The predicted octanol–water partition coefficient (Wildman–Crippen LogP) is 4.01. The minimum atomic E-state index is -3.80. The van der Waals surface area contributed by atoms with E-state index in [-0.39, 0.29) is 17.3 Å². The molecule has 0 bridgehead atoms. The van der Waals surface area contributed by atoms with Crippen LogP contribution in [0.2, 0.25) is 0 Å². The van der Waals surface area contributed by atoms with Crippen molar-refractivity contribution >= 4 is 21.6 Å². The van der Waals surface area contributed by atoms with Gasteiger partial charge in [-0.05, 0) is 56.9 Å². The number of sulfonamides is 1. The van der Waals surface area contributed by atoms with Crippen LogP contribution < -0.4 is 5.32 Å². The van der Waals surface area contributed by atoms with Gasteiger partial charge in [0.2, 0.25) is 27.6 Å². The van der Waals surface area contributed by atoms with Crippen molar-refractivity contribution in [2.45, 2.75) is 45.4 Å². The molecule has 4 rings (SSSR count). The van der Waals surface area contributed by atoms with Gasteiger partial charge in [-0.2, -0.15) is 9.29 Å². The van der Waals surface area contributed by atoms with Crippen molar-refractivity contribution in [2.75, 3.05) is 18.4 Å². The second-order valence-electron chi connectivity index (χ2n) is 8.63. The second kappa shape index (κ2) is 9.07. The molecule has 2 heterocycles. The van der Waals surface area contributed by atoms with Crippen LogP contribution in [-0.2, 0) is 14.8 Å². The van der Waals surface area contributed by atoms with Gasteiger partial charge in [-0.25, -0.2) is 8.42 Å². The number of piperidine rings is 1. The van der Waals surface area contributed by atoms with Gasteiger partial charge in [0.05, 0.1) is 10.8 Å². The first-order valence-corrected chi connectivity index (χ1v) is 12.4. The Kier molecular flexibility index (Phi) is 6.36. The molecule has 1 saturated heterocycles. The number of hydrogen-bond donors (Lipinski definition) is 1. The molecular formula is C24H28N4O4S. The Labute approximate surface area is 194 Å². The van der Waals surface area contributed by atoms with E-state index in [2.05, 4.69) is 15.5 Å². The lowest BCUT2D eigenvalue weighted by molar-refractivity contribution is -0.120. The molecule has 3 aromatic rings. The zero-order chi connectivity index (χ0) is 23.8. The molecule has 8 nitrogen and oxygen atoms in total. The molecule has 0 radical (unpaired) electrons. The molecule has 1 aliphatic rings. The first kappa shape index (κ1) is 23.1.